The second-order valence-electron chi connectivity index (χ2n) is 4.81. The third kappa shape index (κ3) is 5.06. The molecule has 13 heteroatoms. The summed E-state index contributed by atoms with van der Waals surface area (Å²) in [5.41, 5.74) is 0. The molecule has 0 aromatic carbocycles. The van der Waals surface area contributed by atoms with E-state index in [0.717, 1.165) is 26.0 Å². The van der Waals surface area contributed by atoms with Gasteiger partial charge >= 0.3 is 30.5 Å². The molecule has 0 aromatic rings. The highest BCUT2D eigenvalue weighted by molar-refractivity contribution is 7.87. The van der Waals surface area contributed by atoms with Crippen LogP contribution < -0.4 is 0 Å². The minimum Gasteiger partial charge on any atom is -0.386 e. The standard InChI is InChI=1S/C12H22O11S2/c1-5-7-21-11(9(3)13,24(15,16)17)23-12(10(4)14,22-8-6-2)25(18,19)20/h5-6,9-10,13-14H,1-2,7-8H2,3-4H3,(H,15,16,17)(H,18,19,20). The van der Waals surface area contributed by atoms with Crippen molar-refractivity contribution in [1.82, 2.24) is 0 Å². The maximum atomic E-state index is 11.8. The van der Waals surface area contributed by atoms with E-state index in [2.05, 4.69) is 13.2 Å². The lowest BCUT2D eigenvalue weighted by Crippen LogP contribution is -2.63. The van der Waals surface area contributed by atoms with Crippen LogP contribution in [0.2, 0.25) is 0 Å². The summed E-state index contributed by atoms with van der Waals surface area (Å²) in [6, 6.07) is 0. The van der Waals surface area contributed by atoms with Crippen LogP contribution in [0.1, 0.15) is 13.8 Å². The summed E-state index contributed by atoms with van der Waals surface area (Å²) in [4.78, 5) is 0. The Balaban J connectivity index is 6.59. The molecule has 0 amide bonds. The normalized spacial score (nSPS) is 20.1. The predicted octanol–water partition coefficient (Wildman–Crippen LogP) is -0.747. The van der Waals surface area contributed by atoms with Crippen LogP contribution in [0.3, 0.4) is 0 Å². The van der Waals surface area contributed by atoms with Crippen molar-refractivity contribution < 1.29 is 50.4 Å². The predicted molar refractivity (Wildman–Crippen MR) is 85.3 cm³/mol. The number of hydrogen-bond acceptors (Lipinski definition) is 9. The van der Waals surface area contributed by atoms with Gasteiger partial charge in [0.05, 0.1) is 13.2 Å². The zero-order valence-corrected chi connectivity index (χ0v) is 15.2. The quantitative estimate of drug-likeness (QED) is 0.182. The average molecular weight is 406 g/mol. The number of ether oxygens (including phenoxy) is 3. The minimum absolute atomic E-state index is 0.631. The highest BCUT2D eigenvalue weighted by Crippen LogP contribution is 2.36. The van der Waals surface area contributed by atoms with Crippen LogP contribution in [0.15, 0.2) is 25.3 Å². The molecule has 4 N–H and O–H groups in total. The third-order valence-corrected chi connectivity index (χ3v) is 5.35. The molecule has 0 bridgehead atoms. The summed E-state index contributed by atoms with van der Waals surface area (Å²) in [5.74, 6) is 0. The number of aliphatic hydroxyl groups excluding tert-OH is 2. The van der Waals surface area contributed by atoms with Gasteiger partial charge in [-0.1, -0.05) is 12.2 Å². The molecule has 0 saturated heterocycles. The minimum atomic E-state index is -5.48. The Bertz CT molecular complexity index is 609. The molecule has 0 spiro atoms. The topological polar surface area (TPSA) is 177 Å². The zero-order chi connectivity index (χ0) is 20.1. The lowest BCUT2D eigenvalue weighted by Gasteiger charge is -2.41. The van der Waals surface area contributed by atoms with Crippen molar-refractivity contribution in [3.63, 3.8) is 0 Å². The van der Waals surface area contributed by atoms with Crippen LogP contribution in [0.25, 0.3) is 0 Å². The van der Waals surface area contributed by atoms with Crippen molar-refractivity contribution in [2.75, 3.05) is 13.2 Å². The van der Waals surface area contributed by atoms with Gasteiger partial charge in [0.1, 0.15) is 12.2 Å². The Morgan fingerprint density at radius 2 is 1.16 bits per heavy atom. The highest BCUT2D eigenvalue weighted by atomic mass is 32.2. The van der Waals surface area contributed by atoms with Gasteiger partial charge in [-0.2, -0.15) is 16.8 Å². The van der Waals surface area contributed by atoms with Crippen LogP contribution in [-0.2, 0) is 34.4 Å². The second-order valence-corrected chi connectivity index (χ2v) is 7.85. The van der Waals surface area contributed by atoms with E-state index in [4.69, 9.17) is 14.2 Å². The van der Waals surface area contributed by atoms with Gasteiger partial charge in [0.2, 0.25) is 0 Å². The molecule has 0 fully saturated rings. The molecule has 148 valence electrons. The fraction of sp³-hybridized carbons (Fsp3) is 0.667. The first-order valence-corrected chi connectivity index (χ1v) is 9.60. The van der Waals surface area contributed by atoms with Crippen molar-refractivity contribution in [2.24, 2.45) is 0 Å². The third-order valence-electron chi connectivity index (χ3n) is 2.83. The van der Waals surface area contributed by atoms with E-state index in [1.807, 2.05) is 0 Å². The monoisotopic (exact) mass is 406 g/mol. The molecule has 0 radical (unpaired) electrons. The van der Waals surface area contributed by atoms with Gasteiger partial charge < -0.3 is 19.7 Å². The van der Waals surface area contributed by atoms with Crippen LogP contribution in [0, 0.1) is 0 Å². The maximum Gasteiger partial charge on any atom is 0.330 e. The first kappa shape index (κ1) is 24.1. The van der Waals surface area contributed by atoms with Gasteiger partial charge in [-0.05, 0) is 13.8 Å². The van der Waals surface area contributed by atoms with Gasteiger partial charge in [0.15, 0.2) is 0 Å². The highest BCUT2D eigenvalue weighted by Gasteiger charge is 2.63. The molecular weight excluding hydrogens is 384 g/mol. The Hall–Kier alpha value is -0.900. The molecule has 0 heterocycles. The first-order chi connectivity index (χ1) is 11.2. The zero-order valence-electron chi connectivity index (χ0n) is 13.6. The van der Waals surface area contributed by atoms with E-state index < -0.39 is 55.9 Å². The van der Waals surface area contributed by atoms with Gasteiger partial charge in [-0.25, -0.2) is 0 Å². The lowest BCUT2D eigenvalue weighted by molar-refractivity contribution is -0.331. The Labute approximate surface area is 146 Å². The molecule has 4 unspecified atom stereocenters. The fourth-order valence-corrected chi connectivity index (χ4v) is 3.51. The van der Waals surface area contributed by atoms with E-state index in [1.165, 1.54) is 0 Å². The second kappa shape index (κ2) is 8.66. The summed E-state index contributed by atoms with van der Waals surface area (Å²) in [6.07, 6.45) is -2.38. The van der Waals surface area contributed by atoms with Gasteiger partial charge in [0.25, 0.3) is 0 Å². The summed E-state index contributed by atoms with van der Waals surface area (Å²) in [6.45, 7) is 6.79. The van der Waals surface area contributed by atoms with Crippen LogP contribution in [0.5, 0.6) is 0 Å². The van der Waals surface area contributed by atoms with E-state index in [1.54, 1.807) is 0 Å². The molecule has 0 aliphatic rings. The van der Waals surface area contributed by atoms with Crippen molar-refractivity contribution >= 4 is 20.2 Å². The number of aliphatic hydroxyl groups is 2. The van der Waals surface area contributed by atoms with Crippen molar-refractivity contribution in [3.8, 4) is 0 Å². The molecule has 0 saturated carbocycles. The van der Waals surface area contributed by atoms with E-state index in [-0.39, 0.29) is 0 Å². The first-order valence-electron chi connectivity index (χ1n) is 6.72. The largest absolute Gasteiger partial charge is 0.386 e. The molecule has 0 aromatic heterocycles. The summed E-state index contributed by atoms with van der Waals surface area (Å²) >= 11 is 0. The van der Waals surface area contributed by atoms with E-state index in [9.17, 15) is 36.2 Å². The molecule has 0 rings (SSSR count). The Morgan fingerprint density at radius 1 is 0.880 bits per heavy atom. The number of hydrogen-bond donors (Lipinski definition) is 4. The van der Waals surface area contributed by atoms with Gasteiger partial charge in [-0.15, -0.1) is 13.2 Å². The fourth-order valence-electron chi connectivity index (χ4n) is 1.70. The van der Waals surface area contributed by atoms with Crippen LogP contribution >= 0.6 is 0 Å². The SMILES string of the molecule is C=CCOC(OC(OCC=C)(C(C)O)S(=O)(=O)O)(C(C)O)S(=O)(=O)O. The van der Waals surface area contributed by atoms with E-state index >= 15 is 0 Å². The molecule has 0 aliphatic heterocycles. The summed E-state index contributed by atoms with van der Waals surface area (Å²) in [7, 11) is -11.0. The average Bonchev–Trinajstić information content (AvgIpc) is 2.43. The number of rotatable bonds is 12. The Morgan fingerprint density at radius 3 is 1.32 bits per heavy atom. The van der Waals surface area contributed by atoms with Gasteiger partial charge in [-0.3, -0.25) is 13.8 Å². The molecule has 4 atom stereocenters. The van der Waals surface area contributed by atoms with Crippen LogP contribution in [0.4, 0.5) is 0 Å². The Kier molecular flexibility index (Phi) is 8.35. The van der Waals surface area contributed by atoms with Crippen molar-refractivity contribution in [1.29, 1.82) is 0 Å². The molecule has 25 heavy (non-hydrogen) atoms. The van der Waals surface area contributed by atoms with E-state index in [0.29, 0.717) is 0 Å². The van der Waals surface area contributed by atoms with Crippen LogP contribution in [-0.4, -0.2) is 71.8 Å². The molecule has 11 nitrogen and oxygen atoms in total. The smallest absolute Gasteiger partial charge is 0.330 e. The lowest BCUT2D eigenvalue weighted by atomic mass is 10.3. The molecular formula is C12H22O11S2. The van der Waals surface area contributed by atoms with Gasteiger partial charge in [0, 0.05) is 0 Å². The van der Waals surface area contributed by atoms with Crippen molar-refractivity contribution in [3.05, 3.63) is 25.3 Å². The molecule has 0 aliphatic carbocycles. The summed E-state index contributed by atoms with van der Waals surface area (Å²) in [5, 5.41) is 12.7. The van der Waals surface area contributed by atoms with Crippen molar-refractivity contribution in [2.45, 2.75) is 36.3 Å². The summed E-state index contributed by atoms with van der Waals surface area (Å²) < 4.78 is 80.3. The maximum absolute atomic E-state index is 11.8.